The molecule has 0 aliphatic carbocycles. The van der Waals surface area contributed by atoms with Crippen LogP contribution in [0.4, 0.5) is 0 Å². The van der Waals surface area contributed by atoms with Crippen LogP contribution in [0, 0.1) is 0 Å². The quantitative estimate of drug-likeness (QED) is 0.0473. The molecule has 1 aliphatic rings. The van der Waals surface area contributed by atoms with Gasteiger partial charge in [-0.1, -0.05) is 33.1 Å². The minimum atomic E-state index is -0.829. The van der Waals surface area contributed by atoms with Crippen molar-refractivity contribution in [3.8, 4) is 0 Å². The molecular formula is C35H56O15. The topological polar surface area (TPSA) is 215 Å². The Balaban J connectivity index is -0.000000639. The van der Waals surface area contributed by atoms with Crippen LogP contribution in [0.3, 0.4) is 0 Å². The Morgan fingerprint density at radius 1 is 0.720 bits per heavy atom. The Morgan fingerprint density at radius 3 is 1.50 bits per heavy atom. The molecule has 15 heteroatoms. The molecule has 2 unspecified atom stereocenters. The van der Waals surface area contributed by atoms with Gasteiger partial charge in [-0.2, -0.15) is 0 Å². The van der Waals surface area contributed by atoms with E-state index in [0.29, 0.717) is 71.0 Å². The second-order valence-corrected chi connectivity index (χ2v) is 10.3. The number of hydrogen-bond acceptors (Lipinski definition) is 13. The summed E-state index contributed by atoms with van der Waals surface area (Å²) in [5.41, 5.74) is 0. The Hall–Kier alpha value is -4.37. The molecule has 50 heavy (non-hydrogen) atoms. The number of aliphatic carboxylic acids is 2. The number of unbranched alkanes of at least 4 members (excludes halogenated alkanes) is 5. The highest BCUT2D eigenvalue weighted by atomic mass is 16.7. The largest absolute Gasteiger partial charge is 0.481 e. The molecule has 15 nitrogen and oxygen atoms in total. The molecule has 0 amide bonds. The first kappa shape index (κ1) is 50.0. The Morgan fingerprint density at radius 2 is 1.16 bits per heavy atom. The minimum absolute atomic E-state index is 0.117. The highest BCUT2D eigenvalue weighted by Crippen LogP contribution is 2.18. The molecule has 0 radical (unpaired) electrons. The Bertz CT molecular complexity index is 953. The molecule has 286 valence electrons. The van der Waals surface area contributed by atoms with E-state index in [0.717, 1.165) is 43.8 Å². The van der Waals surface area contributed by atoms with Gasteiger partial charge in [-0.15, -0.1) is 0 Å². The first-order valence-corrected chi connectivity index (χ1v) is 16.5. The van der Waals surface area contributed by atoms with Crippen LogP contribution in [-0.2, 0) is 62.0 Å². The fourth-order valence-corrected chi connectivity index (χ4v) is 3.36. The third kappa shape index (κ3) is 39.8. The lowest BCUT2D eigenvalue weighted by Crippen LogP contribution is -2.33. The molecule has 1 aliphatic heterocycles. The van der Waals surface area contributed by atoms with Crippen LogP contribution in [0.2, 0.25) is 0 Å². The van der Waals surface area contributed by atoms with E-state index in [2.05, 4.69) is 36.1 Å². The smallest absolute Gasteiger partial charge is 0.330 e. The molecule has 0 aromatic rings. The Kier molecular flexibility index (Phi) is 37.5. The molecule has 0 aromatic heterocycles. The van der Waals surface area contributed by atoms with Gasteiger partial charge in [-0.05, 0) is 44.9 Å². The second-order valence-electron chi connectivity index (χ2n) is 10.3. The summed E-state index contributed by atoms with van der Waals surface area (Å²) in [5, 5.41) is 16.5. The average molecular weight is 717 g/mol. The zero-order chi connectivity index (χ0) is 38.4. The molecule has 0 spiro atoms. The predicted octanol–water partition coefficient (Wildman–Crippen LogP) is 4.90. The van der Waals surface area contributed by atoms with Crippen LogP contribution in [-0.4, -0.2) is 98.2 Å². The van der Waals surface area contributed by atoms with Gasteiger partial charge in [0.05, 0.1) is 26.4 Å². The van der Waals surface area contributed by atoms with Crippen molar-refractivity contribution in [2.24, 2.45) is 0 Å². The number of carboxylic acid groups (broad SMARTS) is 2. The van der Waals surface area contributed by atoms with Gasteiger partial charge < -0.3 is 43.4 Å². The van der Waals surface area contributed by atoms with Gasteiger partial charge in [0.25, 0.3) is 0 Å². The summed E-state index contributed by atoms with van der Waals surface area (Å²) in [5.74, 6) is -3.27. The van der Waals surface area contributed by atoms with Crippen molar-refractivity contribution in [2.75, 3.05) is 33.5 Å². The third-order valence-electron chi connectivity index (χ3n) is 6.01. The van der Waals surface area contributed by atoms with E-state index in [-0.39, 0.29) is 44.4 Å². The van der Waals surface area contributed by atoms with Gasteiger partial charge in [0.15, 0.2) is 6.29 Å². The fraction of sp³-hybridized carbons (Fsp3) is 0.629. The molecule has 0 aromatic carbocycles. The van der Waals surface area contributed by atoms with E-state index in [1.54, 1.807) is 7.11 Å². The first-order valence-electron chi connectivity index (χ1n) is 16.5. The molecule has 1 saturated heterocycles. The van der Waals surface area contributed by atoms with E-state index in [1.807, 2.05) is 0 Å². The lowest BCUT2D eigenvalue weighted by molar-refractivity contribution is -0.186. The van der Waals surface area contributed by atoms with Gasteiger partial charge in [0.2, 0.25) is 0 Å². The molecule has 2 atom stereocenters. The van der Waals surface area contributed by atoms with Gasteiger partial charge in [-0.3, -0.25) is 14.4 Å². The molecule has 1 fully saturated rings. The zero-order valence-corrected chi connectivity index (χ0v) is 29.5. The zero-order valence-electron chi connectivity index (χ0n) is 29.5. The predicted molar refractivity (Wildman–Crippen MR) is 182 cm³/mol. The van der Waals surface area contributed by atoms with E-state index in [1.165, 1.54) is 0 Å². The number of esters is 4. The SMILES string of the molecule is C=CC(=O)OCCCCC(=O)O.C=CC(=O)OCCCCC(=O)O.C=CC(=O)OCCCCC(=O)OC1CCOC(OC)C1.CCCCC=O. The molecule has 1 heterocycles. The van der Waals surface area contributed by atoms with E-state index < -0.39 is 29.8 Å². The second kappa shape index (κ2) is 37.4. The number of carbonyl (C=O) groups excluding carboxylic acids is 5. The van der Waals surface area contributed by atoms with Crippen molar-refractivity contribution in [3.05, 3.63) is 38.0 Å². The summed E-state index contributed by atoms with van der Waals surface area (Å²) in [6.07, 6.45) is 12.0. The van der Waals surface area contributed by atoms with Crippen LogP contribution in [0.25, 0.3) is 0 Å². The molecule has 0 bridgehead atoms. The average Bonchev–Trinajstić information content (AvgIpc) is 3.10. The number of ether oxygens (including phenoxy) is 6. The summed E-state index contributed by atoms with van der Waals surface area (Å²) < 4.78 is 29.8. The summed E-state index contributed by atoms with van der Waals surface area (Å²) in [6, 6.07) is 0. The van der Waals surface area contributed by atoms with Crippen LogP contribution in [0.5, 0.6) is 0 Å². The van der Waals surface area contributed by atoms with Crippen molar-refractivity contribution >= 4 is 42.1 Å². The van der Waals surface area contributed by atoms with E-state index in [4.69, 9.17) is 29.2 Å². The standard InChI is InChI=1S/C14H22O6.2C8H12O4.C5H10O/c1-3-12(15)18-8-5-4-6-13(16)20-11-7-9-19-14(10-11)17-2;2*1-2-8(11)12-6-4-3-5-7(9)10;1-2-3-4-5-6/h3,11,14H,1,4-10H2,2H3;2*2H,1,3-6H2,(H,9,10);5H,2-4H2,1H3. The summed E-state index contributed by atoms with van der Waals surface area (Å²) in [6.45, 7) is 13.2. The van der Waals surface area contributed by atoms with Crippen molar-refractivity contribution < 1.29 is 72.2 Å². The minimum Gasteiger partial charge on any atom is -0.481 e. The van der Waals surface area contributed by atoms with Crippen molar-refractivity contribution in [1.29, 1.82) is 0 Å². The van der Waals surface area contributed by atoms with Crippen LogP contribution in [0.15, 0.2) is 38.0 Å². The van der Waals surface area contributed by atoms with E-state index >= 15 is 0 Å². The first-order chi connectivity index (χ1) is 23.9. The van der Waals surface area contributed by atoms with Crippen molar-refractivity contribution in [2.45, 2.75) is 109 Å². The summed E-state index contributed by atoms with van der Waals surface area (Å²) >= 11 is 0. The number of aldehydes is 1. The van der Waals surface area contributed by atoms with Crippen molar-refractivity contribution in [1.82, 2.24) is 0 Å². The summed E-state index contributed by atoms with van der Waals surface area (Å²) in [7, 11) is 1.57. The lowest BCUT2D eigenvalue weighted by atomic mass is 10.1. The number of carbonyl (C=O) groups is 7. The van der Waals surface area contributed by atoms with Gasteiger partial charge in [0.1, 0.15) is 12.4 Å². The molecule has 1 rings (SSSR count). The number of methoxy groups -OCH3 is 1. The normalized spacial score (nSPS) is 14.1. The van der Waals surface area contributed by atoms with Crippen LogP contribution >= 0.6 is 0 Å². The van der Waals surface area contributed by atoms with Crippen molar-refractivity contribution in [3.63, 3.8) is 0 Å². The number of hydrogen-bond donors (Lipinski definition) is 2. The monoisotopic (exact) mass is 716 g/mol. The summed E-state index contributed by atoms with van der Waals surface area (Å²) in [4.78, 5) is 72.9. The number of carboxylic acids is 2. The van der Waals surface area contributed by atoms with Gasteiger partial charge in [-0.25, -0.2) is 14.4 Å². The fourth-order valence-electron chi connectivity index (χ4n) is 3.36. The van der Waals surface area contributed by atoms with E-state index in [9.17, 15) is 33.6 Å². The van der Waals surface area contributed by atoms with Gasteiger partial charge >= 0.3 is 35.8 Å². The maximum absolute atomic E-state index is 11.6. The lowest BCUT2D eigenvalue weighted by Gasteiger charge is -2.28. The highest BCUT2D eigenvalue weighted by Gasteiger charge is 2.25. The molecular weight excluding hydrogens is 660 g/mol. The highest BCUT2D eigenvalue weighted by molar-refractivity contribution is 5.81. The number of rotatable bonds is 23. The van der Waals surface area contributed by atoms with Gasteiger partial charge in [0, 0.05) is 63.9 Å². The third-order valence-corrected chi connectivity index (χ3v) is 6.01. The molecule has 2 N–H and O–H groups in total. The molecule has 0 saturated carbocycles. The Labute approximate surface area is 294 Å². The van der Waals surface area contributed by atoms with Crippen LogP contribution < -0.4 is 0 Å². The van der Waals surface area contributed by atoms with Crippen LogP contribution in [0.1, 0.15) is 96.8 Å². The maximum atomic E-state index is 11.6. The maximum Gasteiger partial charge on any atom is 0.330 e.